The zero-order valence-corrected chi connectivity index (χ0v) is 11.3. The van der Waals surface area contributed by atoms with Crippen molar-refractivity contribution in [3.63, 3.8) is 0 Å². The molecule has 0 bridgehead atoms. The second-order valence-corrected chi connectivity index (χ2v) is 5.73. The van der Waals surface area contributed by atoms with Gasteiger partial charge in [0.05, 0.1) is 6.61 Å². The number of aromatic nitrogens is 2. The van der Waals surface area contributed by atoms with Crippen molar-refractivity contribution in [1.82, 2.24) is 15.5 Å². The summed E-state index contributed by atoms with van der Waals surface area (Å²) in [5.74, 6) is 0.909. The first-order valence-electron chi connectivity index (χ1n) is 6.39. The normalized spacial score (nSPS) is 15.4. The Labute approximate surface area is 107 Å². The van der Waals surface area contributed by atoms with Crippen LogP contribution in [-0.2, 0) is 17.6 Å². The highest BCUT2D eigenvalue weighted by Crippen LogP contribution is 2.33. The number of hydrogen-bond donors (Lipinski definition) is 1. The Morgan fingerprint density at radius 3 is 2.88 bits per heavy atom. The fourth-order valence-corrected chi connectivity index (χ4v) is 2.71. The smallest absolute Gasteiger partial charge is 0.117 e. The first-order valence-corrected chi connectivity index (χ1v) is 7.21. The lowest BCUT2D eigenvalue weighted by molar-refractivity contribution is 0.199. The Kier molecular flexibility index (Phi) is 5.35. The number of methoxy groups -OCH3 is 1. The summed E-state index contributed by atoms with van der Waals surface area (Å²) in [4.78, 5) is 0. The monoisotopic (exact) mass is 255 g/mol. The van der Waals surface area contributed by atoms with Crippen LogP contribution in [0.15, 0.2) is 0 Å². The molecular weight excluding hydrogens is 234 g/mol. The van der Waals surface area contributed by atoms with Crippen LogP contribution in [0.5, 0.6) is 0 Å². The SMILES string of the molecule is COCCNCCCc1nnc(CC2CC2)s1. The van der Waals surface area contributed by atoms with E-state index in [0.29, 0.717) is 0 Å². The van der Waals surface area contributed by atoms with E-state index in [-0.39, 0.29) is 0 Å². The lowest BCUT2D eigenvalue weighted by Crippen LogP contribution is -2.20. The van der Waals surface area contributed by atoms with Gasteiger partial charge in [-0.1, -0.05) is 0 Å². The van der Waals surface area contributed by atoms with E-state index in [1.807, 2.05) is 0 Å². The molecule has 1 saturated carbocycles. The Bertz CT molecular complexity index is 325. The Morgan fingerprint density at radius 2 is 2.12 bits per heavy atom. The van der Waals surface area contributed by atoms with E-state index in [9.17, 15) is 0 Å². The molecule has 2 rings (SSSR count). The molecule has 17 heavy (non-hydrogen) atoms. The maximum atomic E-state index is 4.97. The van der Waals surface area contributed by atoms with Gasteiger partial charge in [-0.25, -0.2) is 0 Å². The van der Waals surface area contributed by atoms with Crippen LogP contribution in [0.2, 0.25) is 0 Å². The molecule has 0 aliphatic heterocycles. The van der Waals surface area contributed by atoms with Gasteiger partial charge in [0.2, 0.25) is 0 Å². The highest BCUT2D eigenvalue weighted by atomic mass is 32.1. The van der Waals surface area contributed by atoms with Crippen molar-refractivity contribution < 1.29 is 4.74 Å². The maximum absolute atomic E-state index is 4.97. The van der Waals surface area contributed by atoms with Gasteiger partial charge in [0.15, 0.2) is 0 Å². The second kappa shape index (κ2) is 7.03. The van der Waals surface area contributed by atoms with Crippen LogP contribution >= 0.6 is 11.3 Å². The number of rotatable bonds is 9. The van der Waals surface area contributed by atoms with E-state index in [1.165, 1.54) is 22.9 Å². The summed E-state index contributed by atoms with van der Waals surface area (Å²) in [5.41, 5.74) is 0. The summed E-state index contributed by atoms with van der Waals surface area (Å²) < 4.78 is 4.97. The van der Waals surface area contributed by atoms with Crippen molar-refractivity contribution in [3.8, 4) is 0 Å². The number of nitrogens with one attached hydrogen (secondary N) is 1. The average molecular weight is 255 g/mol. The van der Waals surface area contributed by atoms with Gasteiger partial charge < -0.3 is 10.1 Å². The molecule has 1 N–H and O–H groups in total. The molecule has 5 heteroatoms. The van der Waals surface area contributed by atoms with E-state index < -0.39 is 0 Å². The molecule has 0 atom stereocenters. The van der Waals surface area contributed by atoms with Crippen LogP contribution < -0.4 is 5.32 Å². The molecule has 4 nitrogen and oxygen atoms in total. The number of ether oxygens (including phenoxy) is 1. The third-order valence-electron chi connectivity index (χ3n) is 2.90. The molecule has 1 heterocycles. The van der Waals surface area contributed by atoms with Gasteiger partial charge >= 0.3 is 0 Å². The summed E-state index contributed by atoms with van der Waals surface area (Å²) in [6.07, 6.45) is 6.10. The largest absolute Gasteiger partial charge is 0.383 e. The molecule has 0 aromatic carbocycles. The lowest BCUT2D eigenvalue weighted by atomic mass is 10.3. The predicted molar refractivity (Wildman–Crippen MR) is 69.4 cm³/mol. The average Bonchev–Trinajstić information content (AvgIpc) is 3.02. The molecule has 0 amide bonds. The molecule has 0 saturated heterocycles. The zero-order chi connectivity index (χ0) is 11.9. The molecule has 0 spiro atoms. The third-order valence-corrected chi connectivity index (χ3v) is 3.90. The van der Waals surface area contributed by atoms with E-state index in [2.05, 4.69) is 15.5 Å². The second-order valence-electron chi connectivity index (χ2n) is 4.58. The lowest BCUT2D eigenvalue weighted by Gasteiger charge is -2.01. The molecule has 1 aromatic rings. The summed E-state index contributed by atoms with van der Waals surface area (Å²) in [5, 5.41) is 14.3. The minimum Gasteiger partial charge on any atom is -0.383 e. The predicted octanol–water partition coefficient (Wildman–Crippen LogP) is 1.66. The van der Waals surface area contributed by atoms with Crippen LogP contribution in [0.25, 0.3) is 0 Å². The number of nitrogens with zero attached hydrogens (tertiary/aromatic N) is 2. The number of hydrogen-bond acceptors (Lipinski definition) is 5. The van der Waals surface area contributed by atoms with Gasteiger partial charge in [0, 0.05) is 26.5 Å². The number of aryl methyl sites for hydroxylation is 1. The van der Waals surface area contributed by atoms with Gasteiger partial charge in [0.25, 0.3) is 0 Å². The first kappa shape index (κ1) is 12.9. The summed E-state index contributed by atoms with van der Waals surface area (Å²) in [6.45, 7) is 2.74. The van der Waals surface area contributed by atoms with Crippen molar-refractivity contribution in [2.45, 2.75) is 32.1 Å². The molecule has 0 unspecified atom stereocenters. The van der Waals surface area contributed by atoms with Crippen molar-refractivity contribution in [2.24, 2.45) is 5.92 Å². The molecule has 0 radical (unpaired) electrons. The van der Waals surface area contributed by atoms with Crippen LogP contribution in [0, 0.1) is 5.92 Å². The minimum atomic E-state index is 0.782. The summed E-state index contributed by atoms with van der Waals surface area (Å²) in [7, 11) is 1.73. The fourth-order valence-electron chi connectivity index (χ4n) is 1.70. The van der Waals surface area contributed by atoms with Crippen molar-refractivity contribution >= 4 is 11.3 Å². The van der Waals surface area contributed by atoms with Crippen LogP contribution in [0.4, 0.5) is 0 Å². The van der Waals surface area contributed by atoms with Crippen LogP contribution in [0.1, 0.15) is 29.3 Å². The minimum absolute atomic E-state index is 0.782. The zero-order valence-electron chi connectivity index (χ0n) is 10.4. The molecular formula is C12H21N3OS. The molecule has 1 fully saturated rings. The van der Waals surface area contributed by atoms with Gasteiger partial charge in [-0.15, -0.1) is 21.5 Å². The van der Waals surface area contributed by atoms with Gasteiger partial charge in [-0.3, -0.25) is 0 Å². The van der Waals surface area contributed by atoms with Crippen molar-refractivity contribution in [1.29, 1.82) is 0 Å². The van der Waals surface area contributed by atoms with E-state index in [0.717, 1.165) is 44.9 Å². The van der Waals surface area contributed by atoms with Crippen molar-refractivity contribution in [3.05, 3.63) is 10.0 Å². The Balaban J connectivity index is 1.56. The van der Waals surface area contributed by atoms with Crippen LogP contribution in [0.3, 0.4) is 0 Å². The quantitative estimate of drug-likeness (QED) is 0.682. The summed E-state index contributed by atoms with van der Waals surface area (Å²) >= 11 is 1.79. The van der Waals surface area contributed by atoms with E-state index in [1.54, 1.807) is 18.4 Å². The fraction of sp³-hybridized carbons (Fsp3) is 0.833. The highest BCUT2D eigenvalue weighted by Gasteiger charge is 2.23. The van der Waals surface area contributed by atoms with Gasteiger partial charge in [-0.05, 0) is 31.7 Å². The first-order chi connectivity index (χ1) is 8.38. The summed E-state index contributed by atoms with van der Waals surface area (Å²) in [6, 6.07) is 0. The third kappa shape index (κ3) is 5.10. The Hall–Kier alpha value is -0.520. The van der Waals surface area contributed by atoms with E-state index >= 15 is 0 Å². The Morgan fingerprint density at radius 1 is 1.29 bits per heavy atom. The van der Waals surface area contributed by atoms with Crippen LogP contribution in [-0.4, -0.2) is 37.0 Å². The molecule has 1 aliphatic rings. The maximum Gasteiger partial charge on any atom is 0.117 e. The topological polar surface area (TPSA) is 47.0 Å². The van der Waals surface area contributed by atoms with Crippen molar-refractivity contribution in [2.75, 3.05) is 26.8 Å². The highest BCUT2D eigenvalue weighted by molar-refractivity contribution is 7.11. The molecule has 1 aromatic heterocycles. The van der Waals surface area contributed by atoms with Gasteiger partial charge in [-0.2, -0.15) is 0 Å². The van der Waals surface area contributed by atoms with E-state index in [4.69, 9.17) is 4.74 Å². The molecule has 96 valence electrons. The van der Waals surface area contributed by atoms with Gasteiger partial charge in [0.1, 0.15) is 10.0 Å². The standard InChI is InChI=1S/C12H21N3OS/c1-16-8-7-13-6-2-3-11-14-15-12(17-11)9-10-4-5-10/h10,13H,2-9H2,1H3. The molecule has 1 aliphatic carbocycles.